The van der Waals surface area contributed by atoms with Gasteiger partial charge in [0.25, 0.3) is 16.6 Å². The number of carbonyl (C=O) groups excluding carboxylic acids is 6. The number of aryl methyl sites for hydroxylation is 1. The van der Waals surface area contributed by atoms with E-state index < -0.39 is 16.1 Å². The largest absolute Gasteiger partial charge is 2.00 e. The van der Waals surface area contributed by atoms with Crippen molar-refractivity contribution >= 4 is 84.7 Å². The van der Waals surface area contributed by atoms with Crippen molar-refractivity contribution in [2.24, 2.45) is 37.2 Å². The van der Waals surface area contributed by atoms with Gasteiger partial charge < -0.3 is 56.0 Å². The summed E-state index contributed by atoms with van der Waals surface area (Å²) in [6, 6.07) is 5.99. The van der Waals surface area contributed by atoms with Crippen LogP contribution in [-0.4, -0.2) is 152 Å². The van der Waals surface area contributed by atoms with E-state index >= 15 is 0 Å². The van der Waals surface area contributed by atoms with Gasteiger partial charge in [0.1, 0.15) is 25.3 Å². The molecule has 0 radical (unpaired) electrons. The second-order valence-corrected chi connectivity index (χ2v) is 10.4. The van der Waals surface area contributed by atoms with Crippen LogP contribution in [0.1, 0.15) is 31.7 Å². The number of halogens is 1. The Labute approximate surface area is 363 Å². The van der Waals surface area contributed by atoms with Gasteiger partial charge in [-0.05, 0) is 38.1 Å². The molecule has 0 fully saturated rings. The molecule has 338 valence electrons. The van der Waals surface area contributed by atoms with Crippen LogP contribution in [0.5, 0.6) is 0 Å². The summed E-state index contributed by atoms with van der Waals surface area (Å²) in [5.74, 6) is -0.836. The van der Waals surface area contributed by atoms with E-state index in [1.54, 1.807) is 31.5 Å². The summed E-state index contributed by atoms with van der Waals surface area (Å²) in [5.41, 5.74) is 15.6. The normalized spacial score (nSPS) is 9.76. The van der Waals surface area contributed by atoms with Crippen molar-refractivity contribution in [2.75, 3.05) is 66.6 Å². The fourth-order valence-corrected chi connectivity index (χ4v) is 2.56. The maximum absolute atomic E-state index is 10.5. The Morgan fingerprint density at radius 3 is 1.39 bits per heavy atom. The van der Waals surface area contributed by atoms with Crippen LogP contribution in [-0.2, 0) is 70.2 Å². The van der Waals surface area contributed by atoms with E-state index in [-0.39, 0.29) is 53.3 Å². The molecule has 24 heteroatoms. The van der Waals surface area contributed by atoms with Gasteiger partial charge in [0.15, 0.2) is 0 Å². The summed E-state index contributed by atoms with van der Waals surface area (Å²) in [7, 11) is -1.47. The molecular formula is C35H60ClFeN7O14S+2. The number of aldehydes is 3. The van der Waals surface area contributed by atoms with Gasteiger partial charge in [-0.25, -0.2) is 0 Å². The molecule has 1 rings (SSSR count). The summed E-state index contributed by atoms with van der Waals surface area (Å²) >= 11 is 0. The number of methoxy groups -OCH3 is 2. The molecule has 0 amide bonds. The van der Waals surface area contributed by atoms with Crippen LogP contribution in [0, 0.1) is 6.92 Å². The van der Waals surface area contributed by atoms with Crippen molar-refractivity contribution in [3.63, 3.8) is 0 Å². The van der Waals surface area contributed by atoms with Crippen molar-refractivity contribution in [1.29, 1.82) is 0 Å². The van der Waals surface area contributed by atoms with E-state index in [9.17, 15) is 32.4 Å². The first-order valence-corrected chi connectivity index (χ1v) is 17.9. The molecule has 0 spiro atoms. The van der Waals surface area contributed by atoms with Gasteiger partial charge >= 0.3 is 29.0 Å². The van der Waals surface area contributed by atoms with Crippen LogP contribution in [0.4, 0.5) is 0 Å². The first-order valence-electron chi connectivity index (χ1n) is 16.5. The summed E-state index contributed by atoms with van der Waals surface area (Å²) < 4.78 is 42.0. The molecule has 21 nitrogen and oxygen atoms in total. The van der Waals surface area contributed by atoms with Gasteiger partial charge in [-0.2, -0.15) is 8.42 Å². The van der Waals surface area contributed by atoms with Gasteiger partial charge in [0.05, 0.1) is 71.0 Å². The van der Waals surface area contributed by atoms with Crippen molar-refractivity contribution < 1.29 is 83.2 Å². The minimum atomic E-state index is -4.02. The van der Waals surface area contributed by atoms with Crippen molar-refractivity contribution in [2.45, 2.75) is 38.0 Å². The van der Waals surface area contributed by atoms with Gasteiger partial charge in [0.2, 0.25) is 0 Å². The Morgan fingerprint density at radius 2 is 1.15 bits per heavy atom. The third kappa shape index (κ3) is 82.0. The molecule has 0 saturated heterocycles. The van der Waals surface area contributed by atoms with E-state index in [1.165, 1.54) is 50.9 Å². The molecule has 0 aliphatic carbocycles. The topological polar surface area (TPSA) is 352 Å². The minimum Gasteiger partial charge on any atom is -0.516 e. The zero-order valence-corrected chi connectivity index (χ0v) is 36.3. The maximum Gasteiger partial charge on any atom is 2.00 e. The molecule has 0 aliphatic rings. The Balaban J connectivity index is -0.0000000882. The van der Waals surface area contributed by atoms with Crippen LogP contribution in [0.25, 0.3) is 0 Å². The number of ether oxygens (including phenoxy) is 3. The predicted octanol–water partition coefficient (Wildman–Crippen LogP) is 1.19. The van der Waals surface area contributed by atoms with Crippen molar-refractivity contribution in [1.82, 2.24) is 0 Å². The smallest absolute Gasteiger partial charge is 0.516 e. The average Bonchev–Trinajstić information content (AvgIpc) is 3.21. The van der Waals surface area contributed by atoms with E-state index in [1.807, 2.05) is 6.92 Å². The summed E-state index contributed by atoms with van der Waals surface area (Å²) in [6.45, 7) is 7.83. The number of aliphatic imine (C=N–C) groups is 4. The van der Waals surface area contributed by atoms with E-state index in [2.05, 4.69) is 34.2 Å². The molecule has 0 unspecified atom stereocenters. The molecule has 0 aromatic heterocycles. The molecule has 0 aliphatic heterocycles. The fourth-order valence-electron chi connectivity index (χ4n) is 2.08. The number of hydrogen-bond donors (Lipinski definition) is 6. The number of aliphatic hydroxyl groups is 2. The molecule has 0 bridgehead atoms. The molecular weight excluding hydrogens is 866 g/mol. The minimum absolute atomic E-state index is 0. The monoisotopic (exact) mass is 925 g/mol. The molecule has 0 atom stereocenters. The Hall–Kier alpha value is -5.00. The number of nitrogens with two attached hydrogens (primary N) is 3. The van der Waals surface area contributed by atoms with Crippen LogP contribution in [0.15, 0.2) is 73.8 Å². The third-order valence-corrected chi connectivity index (χ3v) is 5.33. The summed E-state index contributed by atoms with van der Waals surface area (Å²) in [6.07, 6.45) is 13.5. The van der Waals surface area contributed by atoms with Crippen molar-refractivity contribution in [3.05, 3.63) is 54.5 Å². The molecule has 1 aromatic rings. The number of hydrogen-bond acceptors (Lipinski definition) is 20. The van der Waals surface area contributed by atoms with Crippen LogP contribution in [0.2, 0.25) is 0 Å². The Bertz CT molecular complexity index is 1360. The number of benzene rings is 1. The predicted molar refractivity (Wildman–Crippen MR) is 226 cm³/mol. The number of aliphatic hydroxyl groups excluding tert-OH is 2. The first kappa shape index (κ1) is 71.7. The Kier molecular flexibility index (Phi) is 78.8. The van der Waals surface area contributed by atoms with Crippen LogP contribution in [0.3, 0.4) is 0 Å². The maximum atomic E-state index is 10.5. The van der Waals surface area contributed by atoms with Gasteiger partial charge in [-0.3, -0.25) is 38.9 Å². The first-order chi connectivity index (χ1) is 27.3. The molecule has 1 aromatic carbocycles. The summed E-state index contributed by atoms with van der Waals surface area (Å²) in [4.78, 5) is 73.6. The number of allylic oxidation sites excluding steroid dienone is 2. The molecule has 0 heterocycles. The van der Waals surface area contributed by atoms with Gasteiger partial charge in [-0.1, -0.05) is 17.7 Å². The van der Waals surface area contributed by atoms with Crippen molar-refractivity contribution in [3.8, 4) is 0 Å². The Morgan fingerprint density at radius 1 is 0.746 bits per heavy atom. The number of nitrogens with zero attached hydrogens (tertiary/aromatic N) is 4. The number of esters is 2. The van der Waals surface area contributed by atoms with E-state index in [0.29, 0.717) is 71.5 Å². The zero-order valence-electron chi connectivity index (χ0n) is 33.5. The molecule has 0 saturated carbocycles. The van der Waals surface area contributed by atoms with Crippen LogP contribution >= 0.6 is 12.4 Å². The zero-order chi connectivity index (χ0) is 44.9. The third-order valence-electron chi connectivity index (χ3n) is 4.46. The second-order valence-electron chi connectivity index (χ2n) is 8.93. The SMILES string of the molecule is CCOC(=O)CN.COC(=O)CC=O.COC=O.Cc1ccc(S(=O)(=O)O)cc1.Cl.NCCN.O=CCC=NCCN=CCC=O.OC=CC=NCCN=CC=CO.[Fe+2]. The van der Waals surface area contributed by atoms with E-state index in [4.69, 9.17) is 36.8 Å². The molecule has 9 N–H and O–H groups in total. The number of carbonyl (C=O) groups is 6. The molecule has 59 heavy (non-hydrogen) atoms. The number of rotatable bonds is 19. The van der Waals surface area contributed by atoms with E-state index in [0.717, 1.165) is 30.7 Å². The average molecular weight is 926 g/mol. The van der Waals surface area contributed by atoms with Gasteiger partial charge in [-0.15, -0.1) is 12.4 Å². The quantitative estimate of drug-likeness (QED) is 0.0131. The second kappa shape index (κ2) is 64.9. The standard InChI is InChI=1S/2C8H12N2O2.C7H8O3S.C4H9NO2.C4H6O3.C2H8N2.C2H4O2.ClH.Fe/c2*11-7-1-3-9-5-6-10-4-2-8-12;1-6-2-4-7(5-3-6)11(8,9)10;1-2-7-4(6)3-5;1-7-4(6)2-3-5;3-1-2-4;1-4-2-3;;/h3-4,7-8H,1-2,5-6H2;1-4,7-8,11-12H,5-6H2;2-5H,1H3,(H,8,9,10);2-3,5H2,1H3;3H,2H2,1H3;1-4H2;2H,1H3;1H;/q;;;;;;;;+2. The van der Waals surface area contributed by atoms with Crippen LogP contribution < -0.4 is 17.2 Å². The fraction of sp³-hybridized carbons (Fsp3) is 0.429. The summed E-state index contributed by atoms with van der Waals surface area (Å²) in [5, 5.41) is 16.4. The van der Waals surface area contributed by atoms with Gasteiger partial charge in [0, 0.05) is 50.8 Å².